The van der Waals surface area contributed by atoms with Gasteiger partial charge in [-0.1, -0.05) is 11.6 Å². The molecule has 0 aliphatic carbocycles. The fraction of sp³-hybridized carbons (Fsp3) is 0.231. The maximum atomic E-state index is 8.93. The molecule has 0 fully saturated rings. The highest BCUT2D eigenvalue weighted by Gasteiger charge is 2.12. The van der Waals surface area contributed by atoms with Crippen LogP contribution in [0.5, 0.6) is 0 Å². The van der Waals surface area contributed by atoms with Gasteiger partial charge in [0.15, 0.2) is 5.16 Å². The predicted octanol–water partition coefficient (Wildman–Crippen LogP) is 3.47. The quantitative estimate of drug-likeness (QED) is 0.793. The average molecular weight is 291 g/mol. The lowest BCUT2D eigenvalue weighted by molar-refractivity contribution is 0.878. The molecule has 2 rings (SSSR count). The summed E-state index contributed by atoms with van der Waals surface area (Å²) in [4.78, 5) is 13.0. The van der Waals surface area contributed by atoms with Crippen LogP contribution < -0.4 is 0 Å². The van der Waals surface area contributed by atoms with Crippen LogP contribution in [-0.2, 0) is 0 Å². The van der Waals surface area contributed by atoms with Gasteiger partial charge in [-0.15, -0.1) is 0 Å². The standard InChI is InChI=1S/C13H11ClN4S/c1-7-8(2)17-13(18-9(7)3)19-12-11(14)10(6-15)4-5-16-12/h4-5H,1-3H3. The zero-order valence-corrected chi connectivity index (χ0v) is 12.3. The highest BCUT2D eigenvalue weighted by molar-refractivity contribution is 7.99. The molecule has 0 aromatic carbocycles. The van der Waals surface area contributed by atoms with Crippen LogP contribution in [0.4, 0.5) is 0 Å². The van der Waals surface area contributed by atoms with Gasteiger partial charge in [-0.05, 0) is 44.2 Å². The first-order valence-electron chi connectivity index (χ1n) is 5.57. The summed E-state index contributed by atoms with van der Waals surface area (Å²) in [7, 11) is 0. The van der Waals surface area contributed by atoms with E-state index in [0.717, 1.165) is 17.0 Å². The van der Waals surface area contributed by atoms with Gasteiger partial charge in [0.2, 0.25) is 0 Å². The molecule has 0 atom stereocenters. The maximum Gasteiger partial charge on any atom is 0.194 e. The third kappa shape index (κ3) is 2.86. The number of pyridine rings is 1. The minimum Gasteiger partial charge on any atom is -0.248 e. The smallest absolute Gasteiger partial charge is 0.194 e. The van der Waals surface area contributed by atoms with E-state index < -0.39 is 0 Å². The number of aryl methyl sites for hydroxylation is 2. The van der Waals surface area contributed by atoms with Crippen LogP contribution in [0.3, 0.4) is 0 Å². The average Bonchev–Trinajstić information content (AvgIpc) is 2.38. The van der Waals surface area contributed by atoms with Crippen molar-refractivity contribution in [2.24, 2.45) is 0 Å². The highest BCUT2D eigenvalue weighted by atomic mass is 35.5. The minimum atomic E-state index is 0.342. The zero-order valence-electron chi connectivity index (χ0n) is 10.7. The predicted molar refractivity (Wildman–Crippen MR) is 74.3 cm³/mol. The van der Waals surface area contributed by atoms with Crippen molar-refractivity contribution < 1.29 is 0 Å². The Bertz CT molecular complexity index is 656. The number of nitrogens with zero attached hydrogens (tertiary/aromatic N) is 4. The second kappa shape index (κ2) is 5.55. The summed E-state index contributed by atoms with van der Waals surface area (Å²) < 4.78 is 0. The molecule has 0 spiro atoms. The highest BCUT2D eigenvalue weighted by Crippen LogP contribution is 2.31. The van der Waals surface area contributed by atoms with Crippen LogP contribution in [0.1, 0.15) is 22.5 Å². The van der Waals surface area contributed by atoms with Gasteiger partial charge in [0, 0.05) is 17.6 Å². The molecule has 19 heavy (non-hydrogen) atoms. The third-order valence-corrected chi connectivity index (χ3v) is 4.14. The lowest BCUT2D eigenvalue weighted by Crippen LogP contribution is -1.98. The number of nitriles is 1. The van der Waals surface area contributed by atoms with E-state index in [1.165, 1.54) is 11.8 Å². The monoisotopic (exact) mass is 290 g/mol. The van der Waals surface area contributed by atoms with E-state index in [4.69, 9.17) is 16.9 Å². The van der Waals surface area contributed by atoms with Crippen LogP contribution >= 0.6 is 23.4 Å². The molecule has 0 radical (unpaired) electrons. The summed E-state index contributed by atoms with van der Waals surface area (Å²) in [6.07, 6.45) is 1.56. The molecule has 0 aliphatic rings. The summed E-state index contributed by atoms with van der Waals surface area (Å²) >= 11 is 7.37. The van der Waals surface area contributed by atoms with Crippen molar-refractivity contribution in [3.8, 4) is 6.07 Å². The minimum absolute atomic E-state index is 0.342. The molecule has 2 heterocycles. The molecule has 6 heteroatoms. The van der Waals surface area contributed by atoms with Crippen molar-refractivity contribution in [3.63, 3.8) is 0 Å². The Hall–Kier alpha value is -1.64. The summed E-state index contributed by atoms with van der Waals surface area (Å²) in [5, 5.41) is 10.4. The molecule has 0 amide bonds. The first-order valence-corrected chi connectivity index (χ1v) is 6.76. The van der Waals surface area contributed by atoms with Crippen LogP contribution in [-0.4, -0.2) is 15.0 Å². The van der Waals surface area contributed by atoms with Gasteiger partial charge in [0.25, 0.3) is 0 Å². The number of halogens is 1. The molecular formula is C13H11ClN4S. The lowest BCUT2D eigenvalue weighted by Gasteiger charge is -2.07. The Morgan fingerprint density at radius 2 is 1.84 bits per heavy atom. The molecule has 0 N–H and O–H groups in total. The topological polar surface area (TPSA) is 62.5 Å². The molecule has 96 valence electrons. The van der Waals surface area contributed by atoms with Gasteiger partial charge in [-0.25, -0.2) is 15.0 Å². The number of rotatable bonds is 2. The Kier molecular flexibility index (Phi) is 4.03. The van der Waals surface area contributed by atoms with Crippen molar-refractivity contribution >= 4 is 23.4 Å². The molecule has 4 nitrogen and oxygen atoms in total. The second-order valence-electron chi connectivity index (χ2n) is 3.99. The summed E-state index contributed by atoms with van der Waals surface area (Å²) in [5.41, 5.74) is 3.35. The summed E-state index contributed by atoms with van der Waals surface area (Å²) in [6, 6.07) is 3.61. The van der Waals surface area contributed by atoms with Crippen molar-refractivity contribution in [1.82, 2.24) is 15.0 Å². The van der Waals surface area contributed by atoms with Gasteiger partial charge in [-0.3, -0.25) is 0 Å². The molecular weight excluding hydrogens is 280 g/mol. The number of aromatic nitrogens is 3. The Labute approximate surface area is 120 Å². The van der Waals surface area contributed by atoms with E-state index in [0.29, 0.717) is 20.8 Å². The largest absolute Gasteiger partial charge is 0.248 e. The Morgan fingerprint density at radius 1 is 1.21 bits per heavy atom. The van der Waals surface area contributed by atoms with Crippen LogP contribution in [0.25, 0.3) is 0 Å². The molecule has 0 bridgehead atoms. The molecule has 0 aliphatic heterocycles. The van der Waals surface area contributed by atoms with Crippen LogP contribution in [0.2, 0.25) is 5.02 Å². The molecule has 0 unspecified atom stereocenters. The second-order valence-corrected chi connectivity index (χ2v) is 5.33. The fourth-order valence-corrected chi connectivity index (χ4v) is 2.58. The van der Waals surface area contributed by atoms with E-state index in [2.05, 4.69) is 15.0 Å². The first-order chi connectivity index (χ1) is 9.02. The lowest BCUT2D eigenvalue weighted by atomic mass is 10.2. The fourth-order valence-electron chi connectivity index (χ4n) is 1.46. The molecule has 2 aromatic rings. The number of hydrogen-bond acceptors (Lipinski definition) is 5. The zero-order chi connectivity index (χ0) is 14.0. The first kappa shape index (κ1) is 13.8. The van der Waals surface area contributed by atoms with Crippen LogP contribution in [0.15, 0.2) is 22.4 Å². The van der Waals surface area contributed by atoms with Gasteiger partial charge in [-0.2, -0.15) is 5.26 Å². The summed E-state index contributed by atoms with van der Waals surface area (Å²) in [5.74, 6) is 0. The Morgan fingerprint density at radius 3 is 2.42 bits per heavy atom. The van der Waals surface area contributed by atoms with Crippen molar-refractivity contribution in [3.05, 3.63) is 39.8 Å². The van der Waals surface area contributed by atoms with Gasteiger partial charge in [0.05, 0.1) is 10.6 Å². The maximum absolute atomic E-state index is 8.93. The molecule has 2 aromatic heterocycles. The van der Waals surface area contributed by atoms with E-state index in [-0.39, 0.29) is 0 Å². The van der Waals surface area contributed by atoms with E-state index in [1.54, 1.807) is 12.3 Å². The number of hydrogen-bond donors (Lipinski definition) is 0. The van der Waals surface area contributed by atoms with Crippen molar-refractivity contribution in [1.29, 1.82) is 5.26 Å². The van der Waals surface area contributed by atoms with E-state index in [1.807, 2.05) is 26.8 Å². The summed E-state index contributed by atoms with van der Waals surface area (Å²) in [6.45, 7) is 5.87. The molecule has 0 saturated carbocycles. The Balaban J connectivity index is 2.40. The van der Waals surface area contributed by atoms with E-state index >= 15 is 0 Å². The van der Waals surface area contributed by atoms with E-state index in [9.17, 15) is 0 Å². The van der Waals surface area contributed by atoms with Gasteiger partial charge >= 0.3 is 0 Å². The van der Waals surface area contributed by atoms with Crippen molar-refractivity contribution in [2.75, 3.05) is 0 Å². The normalized spacial score (nSPS) is 10.3. The van der Waals surface area contributed by atoms with Gasteiger partial charge in [0.1, 0.15) is 11.1 Å². The SMILES string of the molecule is Cc1nc(Sc2nccc(C#N)c2Cl)nc(C)c1C. The van der Waals surface area contributed by atoms with Crippen molar-refractivity contribution in [2.45, 2.75) is 31.0 Å². The van der Waals surface area contributed by atoms with Gasteiger partial charge < -0.3 is 0 Å². The van der Waals surface area contributed by atoms with Crippen LogP contribution in [0, 0.1) is 32.1 Å². The third-order valence-electron chi connectivity index (χ3n) is 2.78. The molecule has 0 saturated heterocycles.